The molecule has 5 heteroatoms. The first-order valence-electron chi connectivity index (χ1n) is 6.48. The molecule has 0 amide bonds. The third-order valence-corrected chi connectivity index (χ3v) is 3.16. The van der Waals surface area contributed by atoms with Crippen molar-refractivity contribution in [3.63, 3.8) is 0 Å². The standard InChI is InChI=1S/C14H20N4O/c1-4-18-14(16-10-17-18)9-15-11(2)12-6-5-7-13(8-12)19-3/h5-8,10-11,15H,4,9H2,1-3H3/t11-/m0/s1. The zero-order chi connectivity index (χ0) is 13.7. The minimum Gasteiger partial charge on any atom is -0.497 e. The second-order valence-electron chi connectivity index (χ2n) is 4.37. The fourth-order valence-electron chi connectivity index (χ4n) is 1.96. The molecule has 2 aromatic rings. The number of benzene rings is 1. The summed E-state index contributed by atoms with van der Waals surface area (Å²) >= 11 is 0. The molecule has 0 aliphatic carbocycles. The summed E-state index contributed by atoms with van der Waals surface area (Å²) in [4.78, 5) is 4.25. The molecular formula is C14H20N4O. The summed E-state index contributed by atoms with van der Waals surface area (Å²) in [6.07, 6.45) is 1.59. The van der Waals surface area contributed by atoms with Gasteiger partial charge in [0.25, 0.3) is 0 Å². The van der Waals surface area contributed by atoms with E-state index in [1.54, 1.807) is 13.4 Å². The molecule has 0 saturated heterocycles. The fourth-order valence-corrected chi connectivity index (χ4v) is 1.96. The third kappa shape index (κ3) is 3.32. The van der Waals surface area contributed by atoms with Gasteiger partial charge in [-0.2, -0.15) is 5.10 Å². The molecule has 102 valence electrons. The van der Waals surface area contributed by atoms with Gasteiger partial charge in [-0.3, -0.25) is 0 Å². The maximum Gasteiger partial charge on any atom is 0.140 e. The van der Waals surface area contributed by atoms with Crippen LogP contribution < -0.4 is 10.1 Å². The molecule has 19 heavy (non-hydrogen) atoms. The number of aromatic nitrogens is 3. The Kier molecular flexibility index (Phi) is 4.52. The van der Waals surface area contributed by atoms with Crippen LogP contribution in [-0.2, 0) is 13.1 Å². The largest absolute Gasteiger partial charge is 0.497 e. The average molecular weight is 260 g/mol. The second-order valence-corrected chi connectivity index (χ2v) is 4.37. The minimum atomic E-state index is 0.233. The highest BCUT2D eigenvalue weighted by atomic mass is 16.5. The maximum atomic E-state index is 5.24. The molecule has 0 fully saturated rings. The van der Waals surface area contributed by atoms with E-state index in [1.807, 2.05) is 22.9 Å². The van der Waals surface area contributed by atoms with Crippen LogP contribution in [0.1, 0.15) is 31.3 Å². The number of aryl methyl sites for hydroxylation is 1. The van der Waals surface area contributed by atoms with Crippen LogP contribution in [0.25, 0.3) is 0 Å². The number of nitrogens with one attached hydrogen (secondary N) is 1. The van der Waals surface area contributed by atoms with E-state index in [1.165, 1.54) is 5.56 Å². The Labute approximate surface area is 113 Å². The van der Waals surface area contributed by atoms with Gasteiger partial charge < -0.3 is 10.1 Å². The van der Waals surface area contributed by atoms with E-state index in [4.69, 9.17) is 4.74 Å². The van der Waals surface area contributed by atoms with Crippen molar-refractivity contribution in [2.24, 2.45) is 0 Å². The topological polar surface area (TPSA) is 52.0 Å². The lowest BCUT2D eigenvalue weighted by atomic mass is 10.1. The smallest absolute Gasteiger partial charge is 0.140 e. The average Bonchev–Trinajstić information content (AvgIpc) is 2.92. The zero-order valence-electron chi connectivity index (χ0n) is 11.6. The van der Waals surface area contributed by atoms with Gasteiger partial charge >= 0.3 is 0 Å². The van der Waals surface area contributed by atoms with E-state index in [2.05, 4.69) is 35.3 Å². The Balaban J connectivity index is 1.99. The van der Waals surface area contributed by atoms with Gasteiger partial charge in [0.15, 0.2) is 0 Å². The molecule has 1 aromatic carbocycles. The van der Waals surface area contributed by atoms with Gasteiger partial charge in [0.2, 0.25) is 0 Å². The van der Waals surface area contributed by atoms with Crippen LogP contribution in [0.2, 0.25) is 0 Å². The van der Waals surface area contributed by atoms with Crippen molar-refractivity contribution < 1.29 is 4.74 Å². The predicted molar refractivity (Wildman–Crippen MR) is 73.9 cm³/mol. The minimum absolute atomic E-state index is 0.233. The van der Waals surface area contributed by atoms with Crippen LogP contribution >= 0.6 is 0 Å². The monoisotopic (exact) mass is 260 g/mol. The lowest BCUT2D eigenvalue weighted by Gasteiger charge is -2.15. The molecule has 0 spiro atoms. The van der Waals surface area contributed by atoms with Crippen molar-refractivity contribution in [3.05, 3.63) is 42.0 Å². The van der Waals surface area contributed by atoms with Crippen LogP contribution in [-0.4, -0.2) is 21.9 Å². The van der Waals surface area contributed by atoms with Gasteiger partial charge in [0, 0.05) is 12.6 Å². The summed E-state index contributed by atoms with van der Waals surface area (Å²) in [6.45, 7) is 5.72. The number of ether oxygens (including phenoxy) is 1. The maximum absolute atomic E-state index is 5.24. The summed E-state index contributed by atoms with van der Waals surface area (Å²) in [6, 6.07) is 8.31. The normalized spacial score (nSPS) is 12.4. The van der Waals surface area contributed by atoms with Gasteiger partial charge in [-0.15, -0.1) is 0 Å². The summed E-state index contributed by atoms with van der Waals surface area (Å²) in [5.41, 5.74) is 1.20. The van der Waals surface area contributed by atoms with Crippen molar-refractivity contribution in [2.75, 3.05) is 7.11 Å². The predicted octanol–water partition coefficient (Wildman–Crippen LogP) is 2.16. The Morgan fingerprint density at radius 2 is 2.26 bits per heavy atom. The molecule has 5 nitrogen and oxygen atoms in total. The molecule has 0 bridgehead atoms. The molecule has 0 saturated carbocycles. The van der Waals surface area contributed by atoms with Crippen LogP contribution in [0.5, 0.6) is 5.75 Å². The van der Waals surface area contributed by atoms with Crippen molar-refractivity contribution in [3.8, 4) is 5.75 Å². The Bertz CT molecular complexity index is 524. The summed E-state index contributed by atoms with van der Waals surface area (Å²) in [5.74, 6) is 1.83. The Morgan fingerprint density at radius 1 is 1.42 bits per heavy atom. The van der Waals surface area contributed by atoms with Crippen LogP contribution in [0, 0.1) is 0 Å². The fraction of sp³-hybridized carbons (Fsp3) is 0.429. The lowest BCUT2D eigenvalue weighted by Crippen LogP contribution is -2.21. The van der Waals surface area contributed by atoms with E-state index in [0.29, 0.717) is 6.54 Å². The number of methoxy groups -OCH3 is 1. The van der Waals surface area contributed by atoms with Crippen molar-refractivity contribution in [2.45, 2.75) is 33.0 Å². The number of hydrogen-bond donors (Lipinski definition) is 1. The highest BCUT2D eigenvalue weighted by molar-refractivity contribution is 5.30. The number of hydrogen-bond acceptors (Lipinski definition) is 4. The molecule has 0 aliphatic rings. The Morgan fingerprint density at radius 3 is 3.00 bits per heavy atom. The van der Waals surface area contributed by atoms with Gasteiger partial charge in [-0.25, -0.2) is 9.67 Å². The van der Waals surface area contributed by atoms with Gasteiger partial charge in [0.05, 0.1) is 13.7 Å². The van der Waals surface area contributed by atoms with E-state index in [9.17, 15) is 0 Å². The Hall–Kier alpha value is -1.88. The number of nitrogens with zero attached hydrogens (tertiary/aromatic N) is 3. The highest BCUT2D eigenvalue weighted by Crippen LogP contribution is 2.18. The summed E-state index contributed by atoms with van der Waals surface area (Å²) in [7, 11) is 1.68. The molecule has 0 radical (unpaired) electrons. The lowest BCUT2D eigenvalue weighted by molar-refractivity contribution is 0.413. The van der Waals surface area contributed by atoms with Crippen LogP contribution in [0.4, 0.5) is 0 Å². The van der Waals surface area contributed by atoms with E-state index < -0.39 is 0 Å². The molecule has 1 N–H and O–H groups in total. The third-order valence-electron chi connectivity index (χ3n) is 3.16. The second kappa shape index (κ2) is 6.33. The van der Waals surface area contributed by atoms with E-state index in [0.717, 1.165) is 18.1 Å². The molecule has 1 atom stereocenters. The molecule has 0 unspecified atom stereocenters. The molecule has 0 aliphatic heterocycles. The number of rotatable bonds is 6. The molecule has 2 rings (SSSR count). The summed E-state index contributed by atoms with van der Waals surface area (Å²) in [5, 5.41) is 7.61. The van der Waals surface area contributed by atoms with E-state index in [-0.39, 0.29) is 6.04 Å². The quantitative estimate of drug-likeness (QED) is 0.864. The van der Waals surface area contributed by atoms with Gasteiger partial charge in [0.1, 0.15) is 17.9 Å². The first kappa shape index (κ1) is 13.5. The van der Waals surface area contributed by atoms with Gasteiger partial charge in [-0.1, -0.05) is 12.1 Å². The van der Waals surface area contributed by atoms with Crippen LogP contribution in [0.3, 0.4) is 0 Å². The summed E-state index contributed by atoms with van der Waals surface area (Å²) < 4.78 is 7.13. The SMILES string of the molecule is CCn1ncnc1CN[C@@H](C)c1cccc(OC)c1. The molecule has 1 aromatic heterocycles. The van der Waals surface area contributed by atoms with Crippen molar-refractivity contribution >= 4 is 0 Å². The first-order valence-corrected chi connectivity index (χ1v) is 6.48. The highest BCUT2D eigenvalue weighted by Gasteiger charge is 2.08. The first-order chi connectivity index (χ1) is 9.24. The van der Waals surface area contributed by atoms with Crippen molar-refractivity contribution in [1.29, 1.82) is 0 Å². The molecule has 1 heterocycles. The van der Waals surface area contributed by atoms with E-state index >= 15 is 0 Å². The van der Waals surface area contributed by atoms with Crippen molar-refractivity contribution in [1.82, 2.24) is 20.1 Å². The van der Waals surface area contributed by atoms with Crippen LogP contribution in [0.15, 0.2) is 30.6 Å². The van der Waals surface area contributed by atoms with Gasteiger partial charge in [-0.05, 0) is 31.5 Å². The molecular weight excluding hydrogens is 240 g/mol. The zero-order valence-corrected chi connectivity index (χ0v) is 11.6.